The number of rotatable bonds is 5. The van der Waals surface area contributed by atoms with Gasteiger partial charge >= 0.3 is 5.97 Å². The van der Waals surface area contributed by atoms with Gasteiger partial charge in [-0.25, -0.2) is 0 Å². The van der Waals surface area contributed by atoms with Gasteiger partial charge in [0.15, 0.2) is 0 Å². The van der Waals surface area contributed by atoms with Crippen LogP contribution in [-0.4, -0.2) is 29.4 Å². The van der Waals surface area contributed by atoms with E-state index < -0.39 is 5.97 Å². The largest absolute Gasteiger partial charge is 0.505 e. The van der Waals surface area contributed by atoms with Crippen LogP contribution in [0.25, 0.3) is 10.8 Å². The van der Waals surface area contributed by atoms with Gasteiger partial charge in [0.05, 0.1) is 16.8 Å². The van der Waals surface area contributed by atoms with Gasteiger partial charge in [-0.05, 0) is 12.5 Å². The van der Waals surface area contributed by atoms with E-state index in [-0.39, 0.29) is 29.0 Å². The first-order valence-electron chi connectivity index (χ1n) is 8.29. The molecular formula is C19H22N2O5. The molecule has 0 aliphatic rings. The molecule has 0 unspecified atom stereocenters. The fourth-order valence-corrected chi connectivity index (χ4v) is 2.83. The van der Waals surface area contributed by atoms with E-state index in [1.54, 1.807) is 23.1 Å². The van der Waals surface area contributed by atoms with Crippen molar-refractivity contribution in [1.82, 2.24) is 0 Å². The van der Waals surface area contributed by atoms with Crippen molar-refractivity contribution in [1.29, 1.82) is 0 Å². The predicted molar refractivity (Wildman–Crippen MR) is 99.5 cm³/mol. The molecule has 7 heteroatoms. The molecule has 7 nitrogen and oxygen atoms in total. The third-order valence-electron chi connectivity index (χ3n) is 3.76. The van der Waals surface area contributed by atoms with Crippen LogP contribution in [0.1, 0.15) is 34.1 Å². The molecule has 0 saturated carbocycles. The molecular weight excluding hydrogens is 336 g/mol. The number of carbonyl (C=O) groups excluding carboxylic acids is 3. The number of amides is 2. The number of phenols is 1. The van der Waals surface area contributed by atoms with Crippen LogP contribution in [0.2, 0.25) is 0 Å². The lowest BCUT2D eigenvalue weighted by atomic mass is 10.0. The van der Waals surface area contributed by atoms with Crippen molar-refractivity contribution >= 4 is 39.9 Å². The third-order valence-corrected chi connectivity index (χ3v) is 3.76. The van der Waals surface area contributed by atoms with Crippen LogP contribution >= 0.6 is 0 Å². The van der Waals surface area contributed by atoms with E-state index in [2.05, 4.69) is 5.32 Å². The first-order valence-corrected chi connectivity index (χ1v) is 8.29. The Bertz CT molecular complexity index is 876. The van der Waals surface area contributed by atoms with E-state index in [1.165, 1.54) is 26.8 Å². The first kappa shape index (κ1) is 19.2. The van der Waals surface area contributed by atoms with Crippen molar-refractivity contribution in [2.24, 2.45) is 0 Å². The van der Waals surface area contributed by atoms with Crippen molar-refractivity contribution in [2.45, 2.75) is 34.1 Å². The Morgan fingerprint density at radius 3 is 2.42 bits per heavy atom. The molecule has 0 spiro atoms. The third kappa shape index (κ3) is 3.93. The highest BCUT2D eigenvalue weighted by atomic mass is 16.5. The second-order valence-corrected chi connectivity index (χ2v) is 5.92. The van der Waals surface area contributed by atoms with Gasteiger partial charge in [0.2, 0.25) is 11.8 Å². The Morgan fingerprint density at radius 2 is 1.88 bits per heavy atom. The summed E-state index contributed by atoms with van der Waals surface area (Å²) in [5.74, 6) is -1.09. The van der Waals surface area contributed by atoms with Crippen molar-refractivity contribution in [3.05, 3.63) is 24.3 Å². The molecule has 0 aromatic heterocycles. The van der Waals surface area contributed by atoms with Crippen molar-refractivity contribution < 1.29 is 24.2 Å². The Balaban J connectivity index is 2.83. The van der Waals surface area contributed by atoms with Gasteiger partial charge in [0, 0.05) is 38.8 Å². The summed E-state index contributed by atoms with van der Waals surface area (Å²) in [7, 11) is 0. The van der Waals surface area contributed by atoms with Gasteiger partial charge in [-0.3, -0.25) is 14.4 Å². The summed E-state index contributed by atoms with van der Waals surface area (Å²) in [6, 6.07) is 6.44. The monoisotopic (exact) mass is 358 g/mol. The van der Waals surface area contributed by atoms with Crippen molar-refractivity contribution in [2.75, 3.05) is 16.8 Å². The summed E-state index contributed by atoms with van der Waals surface area (Å²) in [4.78, 5) is 36.6. The smallest absolute Gasteiger partial charge is 0.308 e. The molecule has 0 bridgehead atoms. The summed E-state index contributed by atoms with van der Waals surface area (Å²) in [5.41, 5.74) is 0.654. The Hall–Kier alpha value is -3.09. The number of nitrogens with one attached hydrogen (secondary N) is 1. The van der Waals surface area contributed by atoms with Crippen LogP contribution in [0.5, 0.6) is 11.5 Å². The summed E-state index contributed by atoms with van der Waals surface area (Å²) in [5, 5.41) is 13.9. The second-order valence-electron chi connectivity index (χ2n) is 5.92. The highest BCUT2D eigenvalue weighted by Crippen LogP contribution is 2.44. The van der Waals surface area contributed by atoms with E-state index in [0.717, 1.165) is 6.42 Å². The second kappa shape index (κ2) is 7.86. The van der Waals surface area contributed by atoms with E-state index in [9.17, 15) is 19.5 Å². The standard InChI is InChI=1S/C19H22N2O5/c1-5-9-21(12(3)23)16-8-6-7-14-18(16)17(26-13(4)24)10-15(19(14)25)20-11(2)22/h6-8,10,25H,5,9H2,1-4H3,(H,20,22). The van der Waals surface area contributed by atoms with Gasteiger partial charge in [-0.1, -0.05) is 19.1 Å². The number of aromatic hydroxyl groups is 1. The molecule has 2 amide bonds. The zero-order valence-corrected chi connectivity index (χ0v) is 15.3. The highest BCUT2D eigenvalue weighted by molar-refractivity contribution is 6.11. The average Bonchev–Trinajstić information content (AvgIpc) is 2.55. The minimum Gasteiger partial charge on any atom is -0.505 e. The molecule has 0 aliphatic heterocycles. The molecule has 2 aromatic rings. The Morgan fingerprint density at radius 1 is 1.19 bits per heavy atom. The lowest BCUT2D eigenvalue weighted by molar-refractivity contribution is -0.131. The molecule has 26 heavy (non-hydrogen) atoms. The zero-order valence-electron chi connectivity index (χ0n) is 15.3. The molecule has 0 aliphatic carbocycles. The van der Waals surface area contributed by atoms with Gasteiger partial charge in [-0.15, -0.1) is 0 Å². The van der Waals surface area contributed by atoms with Gasteiger partial charge in [0.25, 0.3) is 0 Å². The van der Waals surface area contributed by atoms with E-state index in [4.69, 9.17) is 4.74 Å². The zero-order chi connectivity index (χ0) is 19.4. The average molecular weight is 358 g/mol. The minimum absolute atomic E-state index is 0.128. The van der Waals surface area contributed by atoms with Gasteiger partial charge < -0.3 is 20.1 Å². The number of phenolic OH excluding ortho intramolecular Hbond substituents is 1. The van der Waals surface area contributed by atoms with Crippen LogP contribution in [0.3, 0.4) is 0 Å². The topological polar surface area (TPSA) is 95.9 Å². The van der Waals surface area contributed by atoms with Crippen LogP contribution < -0.4 is 15.0 Å². The molecule has 138 valence electrons. The molecule has 2 N–H and O–H groups in total. The van der Waals surface area contributed by atoms with Crippen LogP contribution in [0.15, 0.2) is 24.3 Å². The maximum absolute atomic E-state index is 12.1. The van der Waals surface area contributed by atoms with Crippen LogP contribution in [0, 0.1) is 0 Å². The summed E-state index contributed by atoms with van der Waals surface area (Å²) in [6.45, 7) is 6.44. The molecule has 0 radical (unpaired) electrons. The van der Waals surface area contributed by atoms with Crippen molar-refractivity contribution in [3.8, 4) is 11.5 Å². The van der Waals surface area contributed by atoms with Crippen molar-refractivity contribution in [3.63, 3.8) is 0 Å². The van der Waals surface area contributed by atoms with Crippen LogP contribution in [0.4, 0.5) is 11.4 Å². The number of esters is 1. The summed E-state index contributed by atoms with van der Waals surface area (Å²) < 4.78 is 5.31. The van der Waals surface area contributed by atoms with Gasteiger partial charge in [0.1, 0.15) is 11.5 Å². The fraction of sp³-hybridized carbons (Fsp3) is 0.316. The SMILES string of the molecule is CCCN(C(C)=O)c1cccc2c(O)c(NC(C)=O)cc(OC(C)=O)c12. The predicted octanol–water partition coefficient (Wildman–Crippen LogP) is 3.19. The first-order chi connectivity index (χ1) is 12.3. The maximum atomic E-state index is 12.1. The Labute approximate surface area is 151 Å². The molecule has 0 saturated heterocycles. The fourth-order valence-electron chi connectivity index (χ4n) is 2.83. The normalized spacial score (nSPS) is 10.5. The van der Waals surface area contributed by atoms with Crippen LogP contribution in [-0.2, 0) is 14.4 Å². The van der Waals surface area contributed by atoms with E-state index in [1.807, 2.05) is 6.92 Å². The molecule has 0 atom stereocenters. The number of fused-ring (bicyclic) bond motifs is 1. The summed E-state index contributed by atoms with van der Waals surface area (Å²) in [6.07, 6.45) is 0.731. The number of nitrogens with zero attached hydrogens (tertiary/aromatic N) is 1. The summed E-state index contributed by atoms with van der Waals surface area (Å²) >= 11 is 0. The lowest BCUT2D eigenvalue weighted by Gasteiger charge is -2.24. The quantitative estimate of drug-likeness (QED) is 0.486. The maximum Gasteiger partial charge on any atom is 0.308 e. The van der Waals surface area contributed by atoms with E-state index in [0.29, 0.717) is 23.0 Å². The molecule has 0 fully saturated rings. The Kier molecular flexibility index (Phi) is 5.82. The van der Waals surface area contributed by atoms with Gasteiger partial charge in [-0.2, -0.15) is 0 Å². The molecule has 2 aromatic carbocycles. The number of benzene rings is 2. The number of anilines is 2. The lowest BCUT2D eigenvalue weighted by Crippen LogP contribution is -2.29. The number of carbonyl (C=O) groups is 3. The minimum atomic E-state index is -0.551. The molecule has 2 rings (SSSR count). The van der Waals surface area contributed by atoms with E-state index >= 15 is 0 Å². The number of hydrogen-bond acceptors (Lipinski definition) is 5. The highest BCUT2D eigenvalue weighted by Gasteiger charge is 2.21. The number of ether oxygens (including phenoxy) is 1. The number of hydrogen-bond donors (Lipinski definition) is 2. The molecule has 0 heterocycles.